The van der Waals surface area contributed by atoms with Crippen molar-refractivity contribution in [3.05, 3.63) is 60.9 Å². The summed E-state index contributed by atoms with van der Waals surface area (Å²) < 4.78 is 3.78. The number of aliphatic imine (C=N–C) groups is 1. The van der Waals surface area contributed by atoms with Gasteiger partial charge < -0.3 is 25.0 Å². The number of aromatic nitrogens is 4. The van der Waals surface area contributed by atoms with Crippen LogP contribution in [0.1, 0.15) is 29.8 Å². The Kier molecular flexibility index (Phi) is 7.20. The molecule has 5 rings (SSSR count). The summed E-state index contributed by atoms with van der Waals surface area (Å²) >= 11 is 0. The smallest absolute Gasteiger partial charge is 0.270 e. The van der Waals surface area contributed by atoms with E-state index in [9.17, 15) is 4.79 Å². The van der Waals surface area contributed by atoms with E-state index in [4.69, 9.17) is 5.73 Å². The molecule has 2 N–H and O–H groups in total. The molecule has 0 spiro atoms. The third-order valence-corrected chi connectivity index (χ3v) is 7.36. The lowest BCUT2D eigenvalue weighted by molar-refractivity contribution is 0.0681. The van der Waals surface area contributed by atoms with E-state index >= 15 is 0 Å². The van der Waals surface area contributed by atoms with Crippen LogP contribution in [0.15, 0.2) is 60.2 Å². The van der Waals surface area contributed by atoms with Crippen LogP contribution >= 0.6 is 0 Å². The Morgan fingerprint density at radius 2 is 1.75 bits per heavy atom. The summed E-state index contributed by atoms with van der Waals surface area (Å²) in [7, 11) is 1.89. The second-order valence-electron chi connectivity index (χ2n) is 9.65. The molecule has 1 amide bonds. The number of hydrogen-bond acceptors (Lipinski definition) is 5. The normalized spacial score (nSPS) is 17.6. The maximum absolute atomic E-state index is 12.7. The van der Waals surface area contributed by atoms with Crippen molar-refractivity contribution in [3.8, 4) is 0 Å². The number of aryl methyl sites for hydroxylation is 2. The first-order valence-electron chi connectivity index (χ1n) is 12.7. The molecule has 2 fully saturated rings. The Morgan fingerprint density at radius 3 is 2.39 bits per heavy atom. The van der Waals surface area contributed by atoms with Crippen LogP contribution < -0.4 is 10.6 Å². The maximum atomic E-state index is 12.7. The molecule has 10 nitrogen and oxygen atoms in total. The van der Waals surface area contributed by atoms with Gasteiger partial charge in [0.15, 0.2) is 5.96 Å². The van der Waals surface area contributed by atoms with Crippen LogP contribution in [0.2, 0.25) is 0 Å². The van der Waals surface area contributed by atoms with E-state index in [-0.39, 0.29) is 5.91 Å². The molecule has 2 saturated heterocycles. The highest BCUT2D eigenvalue weighted by Gasteiger charge is 2.24. The van der Waals surface area contributed by atoms with Gasteiger partial charge in [0, 0.05) is 64.7 Å². The monoisotopic (exact) mass is 489 g/mol. The highest BCUT2D eigenvalue weighted by Crippen LogP contribution is 2.27. The largest absolute Gasteiger partial charge is 0.372 e. The predicted molar refractivity (Wildman–Crippen MR) is 140 cm³/mol. The molecule has 36 heavy (non-hydrogen) atoms. The number of piperazine rings is 1. The van der Waals surface area contributed by atoms with Gasteiger partial charge in [-0.25, -0.2) is 9.98 Å². The van der Waals surface area contributed by atoms with E-state index in [1.165, 1.54) is 18.5 Å². The fraction of sp³-hybridized carbons (Fsp3) is 0.462. The second-order valence-corrected chi connectivity index (χ2v) is 9.65. The number of anilines is 1. The molecule has 3 aromatic rings. The molecule has 0 saturated carbocycles. The van der Waals surface area contributed by atoms with Gasteiger partial charge >= 0.3 is 0 Å². The summed E-state index contributed by atoms with van der Waals surface area (Å²) in [5, 5.41) is 4.20. The fourth-order valence-corrected chi connectivity index (χ4v) is 5.07. The molecule has 190 valence electrons. The Labute approximate surface area is 212 Å². The average Bonchev–Trinajstić information content (AvgIpc) is 3.60. The van der Waals surface area contributed by atoms with E-state index < -0.39 is 0 Å². The molecule has 4 heterocycles. The van der Waals surface area contributed by atoms with Gasteiger partial charge in [-0.3, -0.25) is 9.48 Å². The molecular formula is C26H35N9O. The van der Waals surface area contributed by atoms with E-state index in [1.807, 2.05) is 56.6 Å². The molecule has 0 radical (unpaired) electrons. The molecule has 10 heteroatoms. The van der Waals surface area contributed by atoms with Crippen molar-refractivity contribution in [1.29, 1.82) is 0 Å². The fourth-order valence-electron chi connectivity index (χ4n) is 5.07. The van der Waals surface area contributed by atoms with Crippen molar-refractivity contribution >= 4 is 23.2 Å². The van der Waals surface area contributed by atoms with E-state index in [0.717, 1.165) is 37.7 Å². The lowest BCUT2D eigenvalue weighted by atomic mass is 9.93. The Balaban J connectivity index is 1.09. The SMILES string of the molecule is Cn1cccc1C(=O)N1CCN(C(N)=Nc2ccc(N3CCC(CCn4cncn4)CC3)cc2)CC1. The van der Waals surface area contributed by atoms with Crippen LogP contribution in [0.3, 0.4) is 0 Å². The van der Waals surface area contributed by atoms with Crippen molar-refractivity contribution in [1.82, 2.24) is 29.1 Å². The van der Waals surface area contributed by atoms with Gasteiger partial charge in [0.05, 0.1) is 5.69 Å². The van der Waals surface area contributed by atoms with Gasteiger partial charge in [-0.1, -0.05) is 0 Å². The minimum atomic E-state index is 0.0625. The predicted octanol–water partition coefficient (Wildman–Crippen LogP) is 2.33. The molecule has 0 atom stereocenters. The standard InChI is InChI=1S/C26H35N9O/c1-31-11-2-3-24(31)25(36)33-15-17-34(18-16-33)26(27)30-22-4-6-23(7-5-22)32-12-8-21(9-13-32)10-14-35-20-28-19-29-35/h2-7,11,19-21H,8-10,12-18H2,1H3,(H2,27,30). The number of hydrogen-bond donors (Lipinski definition) is 1. The quantitative estimate of drug-likeness (QED) is 0.421. The lowest BCUT2D eigenvalue weighted by Crippen LogP contribution is -2.52. The number of carbonyl (C=O) groups is 1. The van der Waals surface area contributed by atoms with Crippen LogP contribution in [-0.4, -0.2) is 80.3 Å². The Hall–Kier alpha value is -3.82. The molecule has 2 aromatic heterocycles. The van der Waals surface area contributed by atoms with Gasteiger partial charge in [-0.05, 0) is 61.6 Å². The summed E-state index contributed by atoms with van der Waals surface area (Å²) in [6, 6.07) is 12.1. The highest BCUT2D eigenvalue weighted by atomic mass is 16.2. The second kappa shape index (κ2) is 10.8. The summed E-state index contributed by atoms with van der Waals surface area (Å²) in [6.45, 7) is 5.70. The zero-order valence-electron chi connectivity index (χ0n) is 20.9. The van der Waals surface area contributed by atoms with Gasteiger partial charge in [0.25, 0.3) is 5.91 Å². The molecular weight excluding hydrogens is 454 g/mol. The number of nitrogens with zero attached hydrogens (tertiary/aromatic N) is 8. The zero-order valence-corrected chi connectivity index (χ0v) is 20.9. The Morgan fingerprint density at radius 1 is 1.03 bits per heavy atom. The minimum Gasteiger partial charge on any atom is -0.372 e. The van der Waals surface area contributed by atoms with Gasteiger partial charge in [-0.2, -0.15) is 5.10 Å². The lowest BCUT2D eigenvalue weighted by Gasteiger charge is -2.35. The van der Waals surface area contributed by atoms with Crippen LogP contribution in [0, 0.1) is 5.92 Å². The van der Waals surface area contributed by atoms with Crippen molar-refractivity contribution in [2.24, 2.45) is 23.7 Å². The van der Waals surface area contributed by atoms with E-state index in [2.05, 4.69) is 32.1 Å². The highest BCUT2D eigenvalue weighted by molar-refractivity contribution is 5.93. The van der Waals surface area contributed by atoms with Gasteiger partial charge in [-0.15, -0.1) is 0 Å². The topological polar surface area (TPSA) is 101 Å². The number of rotatable bonds is 6. The van der Waals surface area contributed by atoms with Crippen molar-refractivity contribution in [2.75, 3.05) is 44.2 Å². The zero-order chi connectivity index (χ0) is 24.9. The number of guanidine groups is 1. The molecule has 0 aliphatic carbocycles. The number of benzene rings is 1. The number of nitrogens with two attached hydrogens (primary N) is 1. The third kappa shape index (κ3) is 5.53. The van der Waals surface area contributed by atoms with E-state index in [0.29, 0.717) is 37.8 Å². The van der Waals surface area contributed by atoms with E-state index in [1.54, 1.807) is 12.7 Å². The molecule has 1 aromatic carbocycles. The average molecular weight is 490 g/mol. The van der Waals surface area contributed by atoms with Crippen molar-refractivity contribution in [3.63, 3.8) is 0 Å². The number of piperidine rings is 1. The summed E-state index contributed by atoms with van der Waals surface area (Å²) in [5.41, 5.74) is 9.12. The minimum absolute atomic E-state index is 0.0625. The summed E-state index contributed by atoms with van der Waals surface area (Å²) in [5.74, 6) is 1.30. The first-order valence-corrected chi connectivity index (χ1v) is 12.7. The van der Waals surface area contributed by atoms with Crippen molar-refractivity contribution in [2.45, 2.75) is 25.8 Å². The Bertz CT molecular complexity index is 1150. The van der Waals surface area contributed by atoms with Gasteiger partial charge in [0.2, 0.25) is 0 Å². The molecule has 2 aliphatic heterocycles. The third-order valence-electron chi connectivity index (χ3n) is 7.36. The number of carbonyl (C=O) groups excluding carboxylic acids is 1. The molecule has 0 unspecified atom stereocenters. The maximum Gasteiger partial charge on any atom is 0.270 e. The summed E-state index contributed by atoms with van der Waals surface area (Å²) in [4.78, 5) is 27.8. The van der Waals surface area contributed by atoms with Gasteiger partial charge in [0.1, 0.15) is 18.3 Å². The first-order chi connectivity index (χ1) is 17.6. The summed E-state index contributed by atoms with van der Waals surface area (Å²) in [6.07, 6.45) is 8.82. The van der Waals surface area contributed by atoms with Crippen LogP contribution in [0.25, 0.3) is 0 Å². The van der Waals surface area contributed by atoms with Crippen molar-refractivity contribution < 1.29 is 4.79 Å². The van der Waals surface area contributed by atoms with Crippen LogP contribution in [0.5, 0.6) is 0 Å². The first kappa shape index (κ1) is 23.9. The number of amides is 1. The molecule has 0 bridgehead atoms. The van der Waals surface area contributed by atoms with Crippen LogP contribution in [-0.2, 0) is 13.6 Å². The molecule has 2 aliphatic rings. The van der Waals surface area contributed by atoms with Crippen LogP contribution in [0.4, 0.5) is 11.4 Å².